The molecule has 1 aromatic carbocycles. The first-order valence-electron chi connectivity index (χ1n) is 6.46. The summed E-state index contributed by atoms with van der Waals surface area (Å²) in [4.78, 5) is 2.21. The molecule has 0 bridgehead atoms. The van der Waals surface area contributed by atoms with Crippen molar-refractivity contribution in [1.29, 1.82) is 5.26 Å². The number of hydrogen-bond donors (Lipinski definition) is 0. The summed E-state index contributed by atoms with van der Waals surface area (Å²) >= 11 is 0. The summed E-state index contributed by atoms with van der Waals surface area (Å²) in [7, 11) is 0. The van der Waals surface area contributed by atoms with E-state index in [1.54, 1.807) is 0 Å². The van der Waals surface area contributed by atoms with Crippen LogP contribution in [0.1, 0.15) is 31.0 Å². The van der Waals surface area contributed by atoms with Crippen LogP contribution in [-0.2, 0) is 4.74 Å². The normalized spacial score (nSPS) is 26.6. The molecule has 96 valence electrons. The van der Waals surface area contributed by atoms with Crippen LogP contribution in [0.5, 0.6) is 0 Å². The van der Waals surface area contributed by atoms with E-state index in [1.807, 2.05) is 12.1 Å². The van der Waals surface area contributed by atoms with Crippen molar-refractivity contribution in [2.45, 2.75) is 39.0 Å². The van der Waals surface area contributed by atoms with Gasteiger partial charge in [0, 0.05) is 13.1 Å². The Labute approximate surface area is 109 Å². The number of hydrogen-bond acceptors (Lipinski definition) is 3. The molecule has 0 amide bonds. The smallest absolute Gasteiger partial charge is 0.124 e. The van der Waals surface area contributed by atoms with Crippen molar-refractivity contribution in [2.24, 2.45) is 0 Å². The fourth-order valence-corrected chi connectivity index (χ4v) is 2.54. The van der Waals surface area contributed by atoms with Gasteiger partial charge in [-0.15, -0.1) is 0 Å². The van der Waals surface area contributed by atoms with Gasteiger partial charge in [-0.3, -0.25) is 4.90 Å². The summed E-state index contributed by atoms with van der Waals surface area (Å²) in [5.41, 5.74) is 2.29. The van der Waals surface area contributed by atoms with Crippen molar-refractivity contribution in [3.63, 3.8) is 0 Å². The first-order chi connectivity index (χ1) is 8.60. The van der Waals surface area contributed by atoms with Crippen LogP contribution in [0.3, 0.4) is 0 Å². The highest BCUT2D eigenvalue weighted by Crippen LogP contribution is 2.24. The van der Waals surface area contributed by atoms with Crippen LogP contribution in [0, 0.1) is 18.3 Å². The van der Waals surface area contributed by atoms with Crippen LogP contribution >= 0.6 is 0 Å². The number of nitrogens with zero attached hydrogens (tertiary/aromatic N) is 2. The lowest BCUT2D eigenvalue weighted by Crippen LogP contribution is -2.46. The highest BCUT2D eigenvalue weighted by molar-refractivity contribution is 5.27. The number of morpholine rings is 1. The summed E-state index contributed by atoms with van der Waals surface area (Å²) in [6.45, 7) is 7.81. The third-order valence-electron chi connectivity index (χ3n) is 3.33. The predicted octanol–water partition coefficient (Wildman–Crippen LogP) is 2.67. The molecule has 18 heavy (non-hydrogen) atoms. The summed E-state index contributed by atoms with van der Waals surface area (Å²) in [6, 6.07) is 10.5. The van der Waals surface area contributed by atoms with Gasteiger partial charge in [0.15, 0.2) is 0 Å². The molecule has 3 nitrogen and oxygen atoms in total. The summed E-state index contributed by atoms with van der Waals surface area (Å²) in [5.74, 6) is 0. The van der Waals surface area contributed by atoms with Crippen molar-refractivity contribution in [3.05, 3.63) is 35.4 Å². The van der Waals surface area contributed by atoms with Crippen LogP contribution in [-0.4, -0.2) is 30.2 Å². The summed E-state index contributed by atoms with van der Waals surface area (Å²) in [6.07, 6.45) is 0.380. The van der Waals surface area contributed by atoms with E-state index in [1.165, 1.54) is 5.56 Å². The third-order valence-corrected chi connectivity index (χ3v) is 3.33. The first kappa shape index (κ1) is 13.1. The maximum atomic E-state index is 9.44. The lowest BCUT2D eigenvalue weighted by Gasteiger charge is -2.37. The second kappa shape index (κ2) is 5.51. The van der Waals surface area contributed by atoms with Gasteiger partial charge in [0.05, 0.1) is 18.3 Å². The van der Waals surface area contributed by atoms with E-state index in [-0.39, 0.29) is 18.2 Å². The molecular formula is C15H20N2O. The molecule has 0 N–H and O–H groups in total. The first-order valence-corrected chi connectivity index (χ1v) is 6.46. The van der Waals surface area contributed by atoms with E-state index in [0.717, 1.165) is 18.7 Å². The molecule has 2 rings (SSSR count). The predicted molar refractivity (Wildman–Crippen MR) is 71.1 cm³/mol. The SMILES string of the molecule is Cc1ccc(C(C#N)N2CC(C)OC(C)C2)cc1. The van der Waals surface area contributed by atoms with Crippen molar-refractivity contribution in [3.8, 4) is 6.07 Å². The van der Waals surface area contributed by atoms with Gasteiger partial charge in [-0.05, 0) is 26.3 Å². The van der Waals surface area contributed by atoms with Gasteiger partial charge in [0.1, 0.15) is 6.04 Å². The highest BCUT2D eigenvalue weighted by atomic mass is 16.5. The van der Waals surface area contributed by atoms with Gasteiger partial charge in [0.25, 0.3) is 0 Å². The Bertz CT molecular complexity index is 425. The second-order valence-corrected chi connectivity index (χ2v) is 5.15. The van der Waals surface area contributed by atoms with E-state index >= 15 is 0 Å². The monoisotopic (exact) mass is 244 g/mol. The maximum absolute atomic E-state index is 9.44. The van der Waals surface area contributed by atoms with Gasteiger partial charge >= 0.3 is 0 Å². The lowest BCUT2D eigenvalue weighted by atomic mass is 10.0. The lowest BCUT2D eigenvalue weighted by molar-refractivity contribution is -0.0750. The quantitative estimate of drug-likeness (QED) is 0.802. The standard InChI is InChI=1S/C15H20N2O/c1-11-4-6-14(7-5-11)15(8-16)17-9-12(2)18-13(3)10-17/h4-7,12-13,15H,9-10H2,1-3H3. The van der Waals surface area contributed by atoms with Crippen LogP contribution < -0.4 is 0 Å². The van der Waals surface area contributed by atoms with Crippen molar-refractivity contribution in [2.75, 3.05) is 13.1 Å². The van der Waals surface area contributed by atoms with Crippen LogP contribution in [0.4, 0.5) is 0 Å². The van der Waals surface area contributed by atoms with Crippen LogP contribution in [0.2, 0.25) is 0 Å². The fourth-order valence-electron chi connectivity index (χ4n) is 2.54. The zero-order valence-corrected chi connectivity index (χ0v) is 11.3. The zero-order valence-electron chi connectivity index (χ0n) is 11.3. The topological polar surface area (TPSA) is 36.3 Å². The molecule has 3 unspecified atom stereocenters. The summed E-state index contributed by atoms with van der Waals surface area (Å²) < 4.78 is 5.71. The number of benzene rings is 1. The molecule has 1 aromatic rings. The molecule has 0 spiro atoms. The summed E-state index contributed by atoms with van der Waals surface area (Å²) in [5, 5.41) is 9.44. The molecule has 1 saturated heterocycles. The van der Waals surface area contributed by atoms with Crippen molar-refractivity contribution in [1.82, 2.24) is 4.90 Å². The Hall–Kier alpha value is -1.37. The Morgan fingerprint density at radius 2 is 1.78 bits per heavy atom. The molecule has 1 fully saturated rings. The molecule has 0 aliphatic carbocycles. The molecule has 0 aromatic heterocycles. The molecular weight excluding hydrogens is 224 g/mol. The Balaban J connectivity index is 2.18. The van der Waals surface area contributed by atoms with Crippen molar-refractivity contribution < 1.29 is 4.74 Å². The van der Waals surface area contributed by atoms with Gasteiger partial charge in [-0.25, -0.2) is 0 Å². The number of rotatable bonds is 2. The van der Waals surface area contributed by atoms with Gasteiger partial charge in [-0.2, -0.15) is 5.26 Å². The van der Waals surface area contributed by atoms with Gasteiger partial charge < -0.3 is 4.74 Å². The highest BCUT2D eigenvalue weighted by Gasteiger charge is 2.28. The minimum absolute atomic E-state index is 0.167. The third kappa shape index (κ3) is 2.90. The molecule has 0 saturated carbocycles. The van der Waals surface area contributed by atoms with E-state index in [0.29, 0.717) is 0 Å². The Morgan fingerprint density at radius 1 is 1.22 bits per heavy atom. The Morgan fingerprint density at radius 3 is 2.28 bits per heavy atom. The van der Waals surface area contributed by atoms with E-state index < -0.39 is 0 Å². The van der Waals surface area contributed by atoms with Gasteiger partial charge in [0.2, 0.25) is 0 Å². The molecule has 3 heteroatoms. The molecule has 3 atom stereocenters. The molecule has 1 aliphatic rings. The van der Waals surface area contributed by atoms with E-state index in [2.05, 4.69) is 43.9 Å². The average Bonchev–Trinajstić information content (AvgIpc) is 2.31. The fraction of sp³-hybridized carbons (Fsp3) is 0.533. The minimum Gasteiger partial charge on any atom is -0.373 e. The number of nitriles is 1. The molecule has 1 aliphatic heterocycles. The largest absolute Gasteiger partial charge is 0.373 e. The minimum atomic E-state index is -0.167. The number of ether oxygens (including phenoxy) is 1. The van der Waals surface area contributed by atoms with Crippen LogP contribution in [0.15, 0.2) is 24.3 Å². The zero-order chi connectivity index (χ0) is 13.1. The van der Waals surface area contributed by atoms with Crippen molar-refractivity contribution >= 4 is 0 Å². The maximum Gasteiger partial charge on any atom is 0.124 e. The van der Waals surface area contributed by atoms with E-state index in [4.69, 9.17) is 4.74 Å². The molecule has 1 heterocycles. The van der Waals surface area contributed by atoms with E-state index in [9.17, 15) is 5.26 Å². The van der Waals surface area contributed by atoms with Crippen LogP contribution in [0.25, 0.3) is 0 Å². The molecule has 0 radical (unpaired) electrons. The Kier molecular flexibility index (Phi) is 4.00. The van der Waals surface area contributed by atoms with Gasteiger partial charge in [-0.1, -0.05) is 29.8 Å². The average molecular weight is 244 g/mol. The number of aryl methyl sites for hydroxylation is 1. The second-order valence-electron chi connectivity index (χ2n) is 5.15.